The molecule has 0 aromatic heterocycles. The zero-order valence-corrected chi connectivity index (χ0v) is 13.2. The quantitative estimate of drug-likeness (QED) is 0.362. The van der Waals surface area contributed by atoms with E-state index in [4.69, 9.17) is 0 Å². The Bertz CT molecular complexity index is 17.2. The van der Waals surface area contributed by atoms with Gasteiger partial charge in [0.25, 0.3) is 0 Å². The predicted molar refractivity (Wildman–Crippen MR) is 26.7 cm³/mol. The molecule has 0 aromatic carbocycles. The van der Waals surface area contributed by atoms with E-state index < -0.39 is 0 Å². The molecule has 0 nitrogen and oxygen atoms in total. The van der Waals surface area contributed by atoms with Gasteiger partial charge in [-0.15, -0.1) is 6.42 Å². The zero-order chi connectivity index (χ0) is 4.12. The van der Waals surface area contributed by atoms with Gasteiger partial charge >= 0.3 is 103 Å². The molecule has 0 saturated heterocycles. The van der Waals surface area contributed by atoms with Crippen LogP contribution >= 0.6 is 0 Å². The van der Waals surface area contributed by atoms with Gasteiger partial charge in [-0.2, -0.15) is 0 Å². The van der Waals surface area contributed by atoms with Crippen LogP contribution in [0, 0.1) is 0 Å². The van der Waals surface area contributed by atoms with Crippen LogP contribution in [0.15, 0.2) is 0 Å². The zero-order valence-electron chi connectivity index (χ0n) is 5.91. The molecule has 0 amide bonds. The molecule has 0 N–H and O–H groups in total. The Morgan fingerprint density at radius 1 is 1.29 bits per heavy atom. The molecule has 0 saturated carbocycles. The first-order chi connectivity index (χ1) is 2.41. The molecule has 0 radical (unpaired) electrons. The van der Waals surface area contributed by atoms with E-state index in [0.717, 1.165) is 9.52 Å². The molecule has 0 atom stereocenters. The molecule has 0 aliphatic carbocycles. The second kappa shape index (κ2) is 16.2. The van der Waals surface area contributed by atoms with Crippen molar-refractivity contribution in [1.82, 2.24) is 0 Å². The number of rotatable bonds is 2. The second-order valence-corrected chi connectivity index (χ2v) is 2.31. The molecule has 3 heteroatoms. The normalized spacial score (nSPS) is 6.00. The Kier molecular flexibility index (Phi) is 39.1. The summed E-state index contributed by atoms with van der Waals surface area (Å²) in [6.07, 6.45) is 1.36. The molecule has 0 rings (SSSR count). The van der Waals surface area contributed by atoms with Gasteiger partial charge in [0.2, 0.25) is 0 Å². The third-order valence-electron chi connectivity index (χ3n) is 0.500. The largest absolute Gasteiger partial charge is 1.00 e. The molecule has 0 bridgehead atoms. The van der Waals surface area contributed by atoms with Crippen molar-refractivity contribution in [2.24, 2.45) is 0 Å². The Hall–Kier alpha value is 3.49. The van der Waals surface area contributed by atoms with E-state index in [1.165, 1.54) is 12.5 Å². The maximum Gasteiger partial charge on any atom is 1.00 e. The first-order valence-corrected chi connectivity index (χ1v) is 3.77. The Morgan fingerprint density at radius 3 is 1.71 bits per heavy atom. The van der Waals surface area contributed by atoms with Crippen molar-refractivity contribution < 1.29 is 103 Å². The summed E-state index contributed by atoms with van der Waals surface area (Å²) in [5, 5.41) is 0. The van der Waals surface area contributed by atoms with E-state index in [0.29, 0.717) is 0 Å². The average molecular weight is 164 g/mol. The van der Waals surface area contributed by atoms with Crippen molar-refractivity contribution in [3.8, 4) is 0 Å². The van der Waals surface area contributed by atoms with Crippen LogP contribution in [-0.2, 0) is 0 Å². The van der Waals surface area contributed by atoms with Crippen LogP contribution in [0.25, 0.3) is 0 Å². The summed E-state index contributed by atoms with van der Waals surface area (Å²) in [5.41, 5.74) is 0. The molecule has 0 spiro atoms. The van der Waals surface area contributed by atoms with Crippen LogP contribution < -0.4 is 103 Å². The number of hydrogen-bond donors (Lipinski definition) is 0. The van der Waals surface area contributed by atoms with Crippen molar-refractivity contribution in [2.75, 3.05) is 0 Å². The van der Waals surface area contributed by atoms with E-state index in [1.54, 1.807) is 0 Å². The first kappa shape index (κ1) is 16.8. The summed E-state index contributed by atoms with van der Waals surface area (Å²) in [5.74, 6) is 0. The van der Waals surface area contributed by atoms with Crippen LogP contribution in [0.4, 0.5) is 0 Å². The maximum absolute atomic E-state index is 2.24. The summed E-state index contributed by atoms with van der Waals surface area (Å²) in [6.45, 7) is 4.46. The molecule has 0 unspecified atom stereocenters. The Labute approximate surface area is 134 Å². The third kappa shape index (κ3) is 17.7. The average Bonchev–Trinajstić information content (AvgIpc) is 1.41. The smallest absolute Gasteiger partial charge is 0.964 e. The van der Waals surface area contributed by atoms with Crippen molar-refractivity contribution in [1.29, 1.82) is 0 Å². The molecule has 0 aliphatic rings. The topological polar surface area (TPSA) is 0 Å². The summed E-state index contributed by atoms with van der Waals surface area (Å²) in [6, 6.07) is 1.42. The minimum absolute atomic E-state index is 0. The monoisotopic (exact) mass is 164 g/mol. The van der Waals surface area contributed by atoms with Crippen molar-refractivity contribution in [3.63, 3.8) is 0 Å². The number of hydrogen-bond acceptors (Lipinski definition) is 0. The van der Waals surface area contributed by atoms with Gasteiger partial charge in [0.15, 0.2) is 0 Å². The third-order valence-corrected chi connectivity index (χ3v) is 1.50. The van der Waals surface area contributed by atoms with Crippen LogP contribution in [0.3, 0.4) is 0 Å². The van der Waals surface area contributed by atoms with Crippen LogP contribution in [-0.4, -0.2) is 9.52 Å². The summed E-state index contributed by atoms with van der Waals surface area (Å²) >= 11 is 0. The molecule has 0 heterocycles. The van der Waals surface area contributed by atoms with Gasteiger partial charge < -0.3 is 22.1 Å². The molecule has 0 fully saturated rings. The Balaban J connectivity index is -0.0000000800. The van der Waals surface area contributed by atoms with E-state index in [-0.39, 0.29) is 103 Å². The molecular weight excluding hydrogens is 154 g/mol. The van der Waals surface area contributed by atoms with Crippen molar-refractivity contribution in [2.45, 2.75) is 25.9 Å². The molecule has 0 aliphatic heterocycles. The van der Waals surface area contributed by atoms with E-state index in [1.807, 2.05) is 0 Å². The van der Waals surface area contributed by atoms with Gasteiger partial charge in [0.05, 0.1) is 0 Å². The fraction of sp³-hybridized carbons (Fsp3) is 1.00. The minimum Gasteiger partial charge on any atom is -0.964 e. The van der Waals surface area contributed by atoms with Crippen molar-refractivity contribution >= 4 is 9.52 Å². The summed E-state index contributed by atoms with van der Waals surface area (Å²) < 4.78 is 0. The SMILES string of the molecule is CCC[Si-2]C.[K+].[K+]. The van der Waals surface area contributed by atoms with Crippen molar-refractivity contribution in [3.05, 3.63) is 0 Å². The molecule has 7 heavy (non-hydrogen) atoms. The maximum atomic E-state index is 2.24. The minimum atomic E-state index is 0. The predicted octanol–water partition coefficient (Wildman–Crippen LogP) is -4.42. The van der Waals surface area contributed by atoms with Gasteiger partial charge in [-0.05, 0) is 0 Å². The van der Waals surface area contributed by atoms with Gasteiger partial charge in [-0.25, -0.2) is 0 Å². The standard InChI is InChI=1S/C4H10Si.2K/c1-3-4-5-2;;/h3-4H2,1-2H3;;/q-2;2*+1. The Morgan fingerprint density at radius 2 is 1.71 bits per heavy atom. The second-order valence-electron chi connectivity index (χ2n) is 1.10. The van der Waals surface area contributed by atoms with E-state index in [9.17, 15) is 0 Å². The van der Waals surface area contributed by atoms with Gasteiger partial charge in [-0.1, -0.05) is 6.92 Å². The summed E-state index contributed by atoms with van der Waals surface area (Å²) in [4.78, 5) is 0. The van der Waals surface area contributed by atoms with E-state index in [2.05, 4.69) is 13.5 Å². The first-order valence-electron chi connectivity index (χ1n) is 2.06. The van der Waals surface area contributed by atoms with Crippen LogP contribution in [0.1, 0.15) is 13.3 Å². The van der Waals surface area contributed by atoms with Crippen LogP contribution in [0.5, 0.6) is 0 Å². The molecular formula is C4H10K2Si. The van der Waals surface area contributed by atoms with E-state index >= 15 is 0 Å². The summed E-state index contributed by atoms with van der Waals surface area (Å²) in [7, 11) is 1.16. The van der Waals surface area contributed by atoms with Crippen LogP contribution in [0.2, 0.25) is 12.6 Å². The van der Waals surface area contributed by atoms with Gasteiger partial charge in [0, 0.05) is 0 Å². The van der Waals surface area contributed by atoms with Gasteiger partial charge in [-0.3, -0.25) is 0 Å². The molecule has 0 aromatic rings. The fourth-order valence-corrected chi connectivity index (χ4v) is 0.750. The van der Waals surface area contributed by atoms with Gasteiger partial charge in [0.1, 0.15) is 0 Å². The molecule has 32 valence electrons. The fourth-order valence-electron chi connectivity index (χ4n) is 0.250.